The highest BCUT2D eigenvalue weighted by Gasteiger charge is 2.35. The van der Waals surface area contributed by atoms with Gasteiger partial charge in [0.2, 0.25) is 5.91 Å². The minimum absolute atomic E-state index is 0.0132. The summed E-state index contributed by atoms with van der Waals surface area (Å²) >= 11 is 0. The van der Waals surface area contributed by atoms with Crippen LogP contribution < -0.4 is 10.6 Å². The maximum atomic E-state index is 12.2. The molecule has 1 aliphatic carbocycles. The number of carbonyl (C=O) groups is 3. The van der Waals surface area contributed by atoms with Crippen LogP contribution in [0.3, 0.4) is 0 Å². The number of carboxylic acid groups (broad SMARTS) is 1. The summed E-state index contributed by atoms with van der Waals surface area (Å²) in [5.41, 5.74) is 3.44. The average molecular weight is 469 g/mol. The molecule has 34 heavy (non-hydrogen) atoms. The smallest absolute Gasteiger partial charge is 0.407 e. The Bertz CT molecular complexity index is 988. The van der Waals surface area contributed by atoms with Crippen molar-refractivity contribution in [2.24, 2.45) is 5.41 Å². The number of rotatable bonds is 11. The van der Waals surface area contributed by atoms with Crippen molar-refractivity contribution in [2.75, 3.05) is 19.7 Å². The topological polar surface area (TPSA) is 125 Å². The van der Waals surface area contributed by atoms with Crippen molar-refractivity contribution < 1.29 is 29.3 Å². The number of benzene rings is 2. The molecule has 0 saturated carbocycles. The first-order chi connectivity index (χ1) is 16.3. The molecule has 182 valence electrons. The summed E-state index contributed by atoms with van der Waals surface area (Å²) in [5, 5.41) is 24.6. The molecule has 0 fully saturated rings. The van der Waals surface area contributed by atoms with E-state index >= 15 is 0 Å². The number of nitrogens with one attached hydrogen (secondary N) is 2. The Balaban J connectivity index is 1.45. The van der Waals surface area contributed by atoms with Gasteiger partial charge in [-0.1, -0.05) is 62.4 Å². The van der Waals surface area contributed by atoms with Crippen molar-refractivity contribution in [3.63, 3.8) is 0 Å². The Morgan fingerprint density at radius 1 is 0.971 bits per heavy atom. The SMILES string of the molecule is CCC(CC)(CNC(=O)CC(O)CNC(=O)OCC1c2ccccc2-c2ccccc21)C(=O)O. The van der Waals surface area contributed by atoms with Gasteiger partial charge in [0.05, 0.1) is 17.9 Å². The summed E-state index contributed by atoms with van der Waals surface area (Å²) in [7, 11) is 0. The van der Waals surface area contributed by atoms with Gasteiger partial charge < -0.3 is 25.6 Å². The third kappa shape index (κ3) is 5.56. The highest BCUT2D eigenvalue weighted by atomic mass is 16.5. The minimum Gasteiger partial charge on any atom is -0.481 e. The molecule has 0 aromatic heterocycles. The summed E-state index contributed by atoms with van der Waals surface area (Å²) in [6.45, 7) is 3.51. The monoisotopic (exact) mass is 468 g/mol. The predicted molar refractivity (Wildman–Crippen MR) is 127 cm³/mol. The highest BCUT2D eigenvalue weighted by molar-refractivity contribution is 5.80. The Kier molecular flexibility index (Phi) is 8.28. The molecule has 2 aromatic carbocycles. The lowest BCUT2D eigenvalue weighted by Gasteiger charge is -2.27. The quantitative estimate of drug-likeness (QED) is 0.401. The average Bonchev–Trinajstić information content (AvgIpc) is 3.16. The van der Waals surface area contributed by atoms with Gasteiger partial charge in [-0.05, 0) is 35.1 Å². The number of hydrogen-bond donors (Lipinski definition) is 4. The van der Waals surface area contributed by atoms with Gasteiger partial charge in [0.25, 0.3) is 0 Å². The van der Waals surface area contributed by atoms with Crippen molar-refractivity contribution in [3.8, 4) is 11.1 Å². The maximum Gasteiger partial charge on any atom is 0.407 e. The lowest BCUT2D eigenvalue weighted by molar-refractivity contribution is -0.149. The second-order valence-electron chi connectivity index (χ2n) is 8.63. The number of carboxylic acids is 1. The number of aliphatic hydroxyl groups is 1. The van der Waals surface area contributed by atoms with Gasteiger partial charge in [-0.15, -0.1) is 0 Å². The van der Waals surface area contributed by atoms with Crippen LogP contribution in [-0.2, 0) is 14.3 Å². The lowest BCUT2D eigenvalue weighted by atomic mass is 9.82. The number of amides is 2. The van der Waals surface area contributed by atoms with E-state index in [0.29, 0.717) is 12.8 Å². The Morgan fingerprint density at radius 2 is 1.53 bits per heavy atom. The Labute approximate surface area is 199 Å². The van der Waals surface area contributed by atoms with Gasteiger partial charge in [0.1, 0.15) is 6.61 Å². The second kappa shape index (κ2) is 11.2. The van der Waals surface area contributed by atoms with Crippen LogP contribution in [-0.4, -0.2) is 54.0 Å². The molecule has 3 rings (SSSR count). The molecule has 0 radical (unpaired) electrons. The molecule has 8 nitrogen and oxygen atoms in total. The number of alkyl carbamates (subject to hydrolysis) is 1. The summed E-state index contributed by atoms with van der Waals surface area (Å²) in [6, 6.07) is 16.0. The van der Waals surface area contributed by atoms with Crippen molar-refractivity contribution in [2.45, 2.75) is 45.1 Å². The summed E-state index contributed by atoms with van der Waals surface area (Å²) in [4.78, 5) is 35.9. The lowest BCUT2D eigenvalue weighted by Crippen LogP contribution is -2.43. The molecule has 0 saturated heterocycles. The normalized spacial score (nSPS) is 13.5. The maximum absolute atomic E-state index is 12.2. The van der Waals surface area contributed by atoms with Crippen molar-refractivity contribution in [1.29, 1.82) is 0 Å². The highest BCUT2D eigenvalue weighted by Crippen LogP contribution is 2.44. The van der Waals surface area contributed by atoms with Crippen LogP contribution >= 0.6 is 0 Å². The van der Waals surface area contributed by atoms with Crippen molar-refractivity contribution >= 4 is 18.0 Å². The van der Waals surface area contributed by atoms with E-state index in [4.69, 9.17) is 4.74 Å². The van der Waals surface area contributed by atoms with Crippen LogP contribution in [0.2, 0.25) is 0 Å². The van der Waals surface area contributed by atoms with E-state index in [0.717, 1.165) is 22.3 Å². The van der Waals surface area contributed by atoms with Gasteiger partial charge in [-0.25, -0.2) is 4.79 Å². The van der Waals surface area contributed by atoms with E-state index < -0.39 is 29.5 Å². The number of hydrogen-bond acceptors (Lipinski definition) is 5. The molecule has 0 heterocycles. The predicted octanol–water partition coefficient (Wildman–Crippen LogP) is 3.28. The number of aliphatic carboxylic acids is 1. The molecule has 1 atom stereocenters. The molecule has 0 aliphatic heterocycles. The van der Waals surface area contributed by atoms with Crippen molar-refractivity contribution in [1.82, 2.24) is 10.6 Å². The van der Waals surface area contributed by atoms with E-state index in [1.807, 2.05) is 36.4 Å². The second-order valence-corrected chi connectivity index (χ2v) is 8.63. The third-order valence-electron chi connectivity index (χ3n) is 6.68. The number of fused-ring (bicyclic) bond motifs is 3. The van der Waals surface area contributed by atoms with E-state index in [9.17, 15) is 24.6 Å². The standard InChI is InChI=1S/C26H32N2O6/c1-3-26(4-2,24(31)32)16-28-23(30)13-17(29)14-27-25(33)34-15-22-20-11-7-5-9-18(20)19-10-6-8-12-21(19)22/h5-12,17,22,29H,3-4,13-16H2,1-2H3,(H,27,33)(H,28,30)(H,31,32). The zero-order valence-electron chi connectivity index (χ0n) is 19.5. The molecule has 0 bridgehead atoms. The number of aliphatic hydroxyl groups excluding tert-OH is 1. The first kappa shape index (κ1) is 25.2. The Hall–Kier alpha value is -3.39. The zero-order valence-corrected chi connectivity index (χ0v) is 19.5. The molecule has 4 N–H and O–H groups in total. The molecule has 2 aromatic rings. The van der Waals surface area contributed by atoms with E-state index in [2.05, 4.69) is 22.8 Å². The van der Waals surface area contributed by atoms with Gasteiger partial charge in [0.15, 0.2) is 0 Å². The van der Waals surface area contributed by atoms with E-state index in [1.54, 1.807) is 13.8 Å². The summed E-state index contributed by atoms with van der Waals surface area (Å²) in [6.07, 6.45) is -1.30. The molecule has 1 aliphatic rings. The zero-order chi connectivity index (χ0) is 24.7. The molecular weight excluding hydrogens is 436 g/mol. The van der Waals surface area contributed by atoms with Crippen LogP contribution in [0.25, 0.3) is 11.1 Å². The molecule has 8 heteroatoms. The fourth-order valence-corrected chi connectivity index (χ4v) is 4.35. The van der Waals surface area contributed by atoms with Crippen LogP contribution in [0.15, 0.2) is 48.5 Å². The summed E-state index contributed by atoms with van der Waals surface area (Å²) in [5.74, 6) is -1.51. The van der Waals surface area contributed by atoms with E-state index in [1.165, 1.54) is 0 Å². The van der Waals surface area contributed by atoms with Gasteiger partial charge in [0, 0.05) is 19.0 Å². The molecular formula is C26H32N2O6. The molecule has 1 unspecified atom stereocenters. The largest absolute Gasteiger partial charge is 0.481 e. The fraction of sp³-hybridized carbons (Fsp3) is 0.423. The van der Waals surface area contributed by atoms with Crippen LogP contribution in [0.4, 0.5) is 4.79 Å². The van der Waals surface area contributed by atoms with Crippen molar-refractivity contribution in [3.05, 3.63) is 59.7 Å². The first-order valence-corrected chi connectivity index (χ1v) is 11.6. The van der Waals surface area contributed by atoms with Gasteiger partial charge in [-0.3, -0.25) is 9.59 Å². The van der Waals surface area contributed by atoms with Crippen LogP contribution in [0.1, 0.15) is 50.2 Å². The van der Waals surface area contributed by atoms with Gasteiger partial charge in [-0.2, -0.15) is 0 Å². The molecule has 0 spiro atoms. The number of ether oxygens (including phenoxy) is 1. The number of carbonyl (C=O) groups excluding carboxylic acids is 2. The van der Waals surface area contributed by atoms with Gasteiger partial charge >= 0.3 is 12.1 Å². The van der Waals surface area contributed by atoms with Crippen LogP contribution in [0.5, 0.6) is 0 Å². The Morgan fingerprint density at radius 3 is 2.06 bits per heavy atom. The minimum atomic E-state index is -1.12. The third-order valence-corrected chi connectivity index (χ3v) is 6.68. The fourth-order valence-electron chi connectivity index (χ4n) is 4.35. The van der Waals surface area contributed by atoms with Crippen LogP contribution in [0, 0.1) is 5.41 Å². The summed E-state index contributed by atoms with van der Waals surface area (Å²) < 4.78 is 5.42. The van der Waals surface area contributed by atoms with E-state index in [-0.39, 0.29) is 32.0 Å². The molecule has 2 amide bonds. The first-order valence-electron chi connectivity index (χ1n) is 11.6.